The minimum Gasteiger partial charge on any atom is -0.510 e. The first-order chi connectivity index (χ1) is 37.4. The lowest BCUT2D eigenvalue weighted by molar-refractivity contribution is -0.298. The lowest BCUT2D eigenvalue weighted by Gasteiger charge is -2.44. The molecule has 0 radical (unpaired) electrons. The predicted molar refractivity (Wildman–Crippen MR) is 272 cm³/mol. The number of aliphatic hydroxyl groups excluding tert-OH is 15. The SMILES string of the molecule is CCCCC1C#CC(O)C(COCC2C(CO)OC(COCC3C(CO)OC(OCC4C=C(O)C(O)C(COCC5C(CO)CC(COCC6C(CO)CC(OC(C)CC)C(O)C6O)C(O)C5O)C4)C(O)C3O)C(O)C2O)O1. The zero-order valence-electron chi connectivity index (χ0n) is 45.2. The van der Waals surface area contributed by atoms with Crippen LogP contribution in [0.5, 0.6) is 0 Å². The average molecular weight is 1130 g/mol. The molecule has 6 aliphatic rings. The van der Waals surface area contributed by atoms with Crippen LogP contribution in [0.1, 0.15) is 65.7 Å². The van der Waals surface area contributed by atoms with Crippen LogP contribution >= 0.6 is 0 Å². The van der Waals surface area contributed by atoms with Gasteiger partial charge in [-0.25, -0.2) is 0 Å². The Kier molecular flexibility index (Phi) is 26.6. The number of hydrogen-bond donors (Lipinski definition) is 15. The topological polar surface area (TPSA) is 387 Å². The summed E-state index contributed by atoms with van der Waals surface area (Å²) in [5.41, 5.74) is 0. The van der Waals surface area contributed by atoms with E-state index >= 15 is 0 Å². The van der Waals surface area contributed by atoms with Crippen LogP contribution in [0.2, 0.25) is 0 Å². The Morgan fingerprint density at radius 2 is 1.08 bits per heavy atom. The highest BCUT2D eigenvalue weighted by Gasteiger charge is 2.49. The van der Waals surface area contributed by atoms with Crippen molar-refractivity contribution in [3.05, 3.63) is 11.8 Å². The Morgan fingerprint density at radius 1 is 0.526 bits per heavy atom. The molecule has 4 fully saturated rings. The molecular formula is C54H92O24. The van der Waals surface area contributed by atoms with E-state index in [1.165, 1.54) is 6.08 Å². The van der Waals surface area contributed by atoms with E-state index in [-0.39, 0.29) is 103 Å². The molecule has 0 aromatic rings. The van der Waals surface area contributed by atoms with E-state index < -0.39 is 164 Å². The summed E-state index contributed by atoms with van der Waals surface area (Å²) < 4.78 is 52.9. The molecule has 27 unspecified atom stereocenters. The molecule has 2 saturated heterocycles. The maximum atomic E-state index is 11.3. The second-order valence-electron chi connectivity index (χ2n) is 22.5. The van der Waals surface area contributed by atoms with Gasteiger partial charge in [0.15, 0.2) is 6.29 Å². The van der Waals surface area contributed by atoms with Crippen molar-refractivity contribution in [3.8, 4) is 11.8 Å². The largest absolute Gasteiger partial charge is 0.510 e. The molecule has 0 aromatic heterocycles. The van der Waals surface area contributed by atoms with Gasteiger partial charge in [-0.15, -0.1) is 0 Å². The highest BCUT2D eigenvalue weighted by molar-refractivity contribution is 5.15. The summed E-state index contributed by atoms with van der Waals surface area (Å²) in [5, 5.41) is 161. The van der Waals surface area contributed by atoms with Gasteiger partial charge in [-0.2, -0.15) is 0 Å². The lowest BCUT2D eigenvalue weighted by Crippen LogP contribution is -2.59. The van der Waals surface area contributed by atoms with E-state index in [2.05, 4.69) is 11.8 Å². The van der Waals surface area contributed by atoms with Gasteiger partial charge in [0.05, 0.1) is 128 Å². The third-order valence-corrected chi connectivity index (χ3v) is 17.1. The van der Waals surface area contributed by atoms with Crippen molar-refractivity contribution in [2.24, 2.45) is 53.3 Å². The van der Waals surface area contributed by atoms with Crippen molar-refractivity contribution in [3.63, 3.8) is 0 Å². The average Bonchev–Trinajstić information content (AvgIpc) is 3.45. The molecule has 27 atom stereocenters. The molecule has 0 spiro atoms. The van der Waals surface area contributed by atoms with Crippen molar-refractivity contribution in [2.75, 3.05) is 85.9 Å². The highest BCUT2D eigenvalue weighted by atomic mass is 16.7. The second-order valence-corrected chi connectivity index (χ2v) is 22.5. The van der Waals surface area contributed by atoms with Gasteiger partial charge in [-0.1, -0.05) is 38.5 Å². The summed E-state index contributed by atoms with van der Waals surface area (Å²) in [6.45, 7) is 2.86. The number of ether oxygens (including phenoxy) is 9. The molecule has 78 heavy (non-hydrogen) atoms. The van der Waals surface area contributed by atoms with E-state index in [0.29, 0.717) is 19.3 Å². The summed E-state index contributed by atoms with van der Waals surface area (Å²) in [7, 11) is 0. The molecule has 3 aliphatic heterocycles. The molecule has 15 N–H and O–H groups in total. The summed E-state index contributed by atoms with van der Waals surface area (Å²) in [5.74, 6) is -0.646. The van der Waals surface area contributed by atoms with E-state index in [9.17, 15) is 76.6 Å². The van der Waals surface area contributed by atoms with Crippen LogP contribution < -0.4 is 0 Å². The molecule has 24 heteroatoms. The van der Waals surface area contributed by atoms with Crippen molar-refractivity contribution in [1.29, 1.82) is 0 Å². The van der Waals surface area contributed by atoms with E-state index in [1.807, 2.05) is 20.8 Å². The predicted octanol–water partition coefficient (Wildman–Crippen LogP) is -3.52. The van der Waals surface area contributed by atoms with Crippen molar-refractivity contribution >= 4 is 0 Å². The second kappa shape index (κ2) is 31.7. The van der Waals surface area contributed by atoms with Crippen LogP contribution in [0.25, 0.3) is 0 Å². The first-order valence-electron chi connectivity index (χ1n) is 28.1. The first-order valence-corrected chi connectivity index (χ1v) is 28.1. The monoisotopic (exact) mass is 1120 g/mol. The molecular weight excluding hydrogens is 1030 g/mol. The van der Waals surface area contributed by atoms with E-state index in [4.69, 9.17) is 42.6 Å². The molecule has 24 nitrogen and oxygen atoms in total. The zero-order chi connectivity index (χ0) is 56.8. The quantitative estimate of drug-likeness (QED) is 0.0323. The van der Waals surface area contributed by atoms with Gasteiger partial charge in [0.25, 0.3) is 0 Å². The fourth-order valence-corrected chi connectivity index (χ4v) is 11.9. The Morgan fingerprint density at radius 3 is 1.69 bits per heavy atom. The Bertz CT molecular complexity index is 1820. The number of aliphatic hydroxyl groups is 15. The molecule has 6 rings (SSSR count). The van der Waals surface area contributed by atoms with Crippen molar-refractivity contribution in [1.82, 2.24) is 0 Å². The summed E-state index contributed by atoms with van der Waals surface area (Å²) in [6, 6.07) is 0. The Hall–Kier alpha value is -1.82. The third-order valence-electron chi connectivity index (χ3n) is 17.1. The summed E-state index contributed by atoms with van der Waals surface area (Å²) in [4.78, 5) is 0. The van der Waals surface area contributed by atoms with Crippen molar-refractivity contribution in [2.45, 2.75) is 176 Å². The number of rotatable bonds is 29. The van der Waals surface area contributed by atoms with Crippen LogP contribution in [-0.2, 0) is 42.6 Å². The lowest BCUT2D eigenvalue weighted by atomic mass is 9.71. The van der Waals surface area contributed by atoms with E-state index in [0.717, 1.165) is 12.8 Å². The maximum Gasteiger partial charge on any atom is 0.186 e. The fourth-order valence-electron chi connectivity index (χ4n) is 11.9. The van der Waals surface area contributed by atoms with Gasteiger partial charge in [-0.3, -0.25) is 0 Å². The van der Waals surface area contributed by atoms with E-state index in [1.54, 1.807) is 0 Å². The normalized spacial score (nSPS) is 43.6. The maximum absolute atomic E-state index is 11.3. The summed E-state index contributed by atoms with van der Waals surface area (Å²) in [6.07, 6.45) is -14.5. The van der Waals surface area contributed by atoms with Crippen LogP contribution in [-0.4, -0.2) is 273 Å². The van der Waals surface area contributed by atoms with Gasteiger partial charge in [0, 0.05) is 54.6 Å². The molecule has 0 amide bonds. The van der Waals surface area contributed by atoms with Gasteiger partial charge < -0.3 is 119 Å². The Labute approximate surface area is 456 Å². The van der Waals surface area contributed by atoms with Crippen LogP contribution in [0, 0.1) is 65.1 Å². The summed E-state index contributed by atoms with van der Waals surface area (Å²) >= 11 is 0. The molecule has 3 aliphatic carbocycles. The fraction of sp³-hybridized carbons (Fsp3) is 0.926. The minimum atomic E-state index is -1.64. The molecule has 452 valence electrons. The Balaban J connectivity index is 0.916. The van der Waals surface area contributed by atoms with Crippen LogP contribution in [0.3, 0.4) is 0 Å². The molecule has 2 saturated carbocycles. The number of hydrogen-bond acceptors (Lipinski definition) is 24. The molecule has 3 heterocycles. The van der Waals surface area contributed by atoms with Gasteiger partial charge in [-0.05, 0) is 56.9 Å². The minimum absolute atomic E-state index is 0.0310. The van der Waals surface area contributed by atoms with Gasteiger partial charge >= 0.3 is 0 Å². The smallest absolute Gasteiger partial charge is 0.186 e. The molecule has 0 aromatic carbocycles. The first kappa shape index (κ1) is 65.3. The van der Waals surface area contributed by atoms with Gasteiger partial charge in [0.2, 0.25) is 0 Å². The zero-order valence-corrected chi connectivity index (χ0v) is 45.2. The van der Waals surface area contributed by atoms with Crippen LogP contribution in [0.4, 0.5) is 0 Å². The highest BCUT2D eigenvalue weighted by Crippen LogP contribution is 2.38. The van der Waals surface area contributed by atoms with Crippen molar-refractivity contribution < 1.29 is 119 Å². The number of unbranched alkanes of at least 4 members (excludes halogenated alkanes) is 1. The standard InChI is InChI=1S/C54H92O24/c1-4-6-7-33-8-9-38(59)43(76-33)25-72-23-36-41(16-57)77-44(52(68)49(36)65)26-73-24-37-42(17-58)78-54(53(69)50(37)66)74-18-28-10-31(45(61)39(60)11-28)19-70-21-34-29(14-55)12-32(46(62)47(34)63)20-71-22-35-30(15-56)13-40(51(67)48(35)64)75-27(3)5-2/h11,27-38,40-69H,4-7,10,12-26H2,1-3H3. The third kappa shape index (κ3) is 16.7. The van der Waals surface area contributed by atoms with Crippen LogP contribution in [0.15, 0.2) is 11.8 Å². The van der Waals surface area contributed by atoms with Gasteiger partial charge in [0.1, 0.15) is 54.6 Å². The molecule has 0 bridgehead atoms.